The topological polar surface area (TPSA) is 69.9 Å². The molecule has 2 N–H and O–H groups in total. The average molecular weight is 262 g/mol. The Balaban J connectivity index is 2.36. The van der Waals surface area contributed by atoms with Crippen molar-refractivity contribution in [1.29, 1.82) is 0 Å². The highest BCUT2D eigenvalue weighted by atomic mass is 16.4. The molecule has 1 unspecified atom stereocenters. The molecule has 5 heteroatoms. The lowest BCUT2D eigenvalue weighted by atomic mass is 9.94. The van der Waals surface area contributed by atoms with Crippen molar-refractivity contribution in [3.05, 3.63) is 29.2 Å². The van der Waals surface area contributed by atoms with Crippen LogP contribution in [0.15, 0.2) is 10.6 Å². The number of oxazole rings is 1. The first-order valence-electron chi connectivity index (χ1n) is 6.49. The minimum Gasteiger partial charge on any atom is -0.443 e. The first-order valence-corrected chi connectivity index (χ1v) is 6.49. The van der Waals surface area contributed by atoms with Gasteiger partial charge in [0.2, 0.25) is 5.89 Å². The third-order valence-electron chi connectivity index (χ3n) is 3.37. The number of hydrogen-bond donors (Lipinski definition) is 1. The summed E-state index contributed by atoms with van der Waals surface area (Å²) >= 11 is 0. The summed E-state index contributed by atoms with van der Waals surface area (Å²) in [5.74, 6) is 1.54. The maximum absolute atomic E-state index is 5.96. The summed E-state index contributed by atoms with van der Waals surface area (Å²) in [5.41, 5.74) is 8.43. The van der Waals surface area contributed by atoms with Crippen LogP contribution < -0.4 is 5.73 Å². The molecule has 0 aromatic carbocycles. The lowest BCUT2D eigenvalue weighted by molar-refractivity contribution is 0.346. The molecule has 0 aliphatic carbocycles. The maximum atomic E-state index is 5.96. The molecule has 2 aromatic rings. The molecular formula is C14H22N4O. The van der Waals surface area contributed by atoms with Crippen LogP contribution >= 0.6 is 0 Å². The molecular weight excluding hydrogens is 240 g/mol. The molecule has 2 heterocycles. The van der Waals surface area contributed by atoms with Gasteiger partial charge in [0, 0.05) is 5.41 Å². The second-order valence-corrected chi connectivity index (χ2v) is 6.02. The zero-order valence-corrected chi connectivity index (χ0v) is 12.5. The van der Waals surface area contributed by atoms with Gasteiger partial charge >= 0.3 is 0 Å². The molecule has 0 saturated heterocycles. The molecule has 0 radical (unpaired) electrons. The molecule has 0 fully saturated rings. The van der Waals surface area contributed by atoms with Gasteiger partial charge in [-0.2, -0.15) is 5.10 Å². The van der Waals surface area contributed by atoms with E-state index in [0.717, 1.165) is 22.8 Å². The molecule has 0 spiro atoms. The van der Waals surface area contributed by atoms with Crippen LogP contribution in [0.1, 0.15) is 56.8 Å². The van der Waals surface area contributed by atoms with E-state index in [4.69, 9.17) is 10.2 Å². The monoisotopic (exact) mass is 262 g/mol. The van der Waals surface area contributed by atoms with Crippen LogP contribution in [0.25, 0.3) is 0 Å². The van der Waals surface area contributed by atoms with E-state index in [9.17, 15) is 0 Å². The van der Waals surface area contributed by atoms with Crippen molar-refractivity contribution in [2.75, 3.05) is 5.73 Å². The number of anilines is 1. The Morgan fingerprint density at radius 3 is 2.37 bits per heavy atom. The van der Waals surface area contributed by atoms with Crippen molar-refractivity contribution in [3.8, 4) is 0 Å². The van der Waals surface area contributed by atoms with E-state index in [-0.39, 0.29) is 11.5 Å². The largest absolute Gasteiger partial charge is 0.443 e. The van der Waals surface area contributed by atoms with Crippen molar-refractivity contribution in [2.45, 2.75) is 53.0 Å². The van der Waals surface area contributed by atoms with Gasteiger partial charge in [-0.05, 0) is 20.8 Å². The van der Waals surface area contributed by atoms with Gasteiger partial charge in [0.15, 0.2) is 0 Å². The summed E-state index contributed by atoms with van der Waals surface area (Å²) in [6.07, 6.45) is 1.79. The fraction of sp³-hybridized carbons (Fsp3) is 0.571. The van der Waals surface area contributed by atoms with Crippen LogP contribution in [-0.2, 0) is 5.41 Å². The van der Waals surface area contributed by atoms with Crippen molar-refractivity contribution in [1.82, 2.24) is 14.8 Å². The van der Waals surface area contributed by atoms with E-state index in [2.05, 4.69) is 30.9 Å². The Morgan fingerprint density at radius 2 is 1.95 bits per heavy atom. The summed E-state index contributed by atoms with van der Waals surface area (Å²) in [6, 6.07) is -0.0629. The van der Waals surface area contributed by atoms with E-state index in [0.29, 0.717) is 5.89 Å². The number of aromatic nitrogens is 3. The first-order chi connectivity index (χ1) is 8.71. The zero-order chi connectivity index (χ0) is 14.4. The summed E-state index contributed by atoms with van der Waals surface area (Å²) < 4.78 is 7.72. The standard InChI is InChI=1S/C14H22N4O/c1-8-12(15)9(2)18(17-8)10(3)13-16-7-11(19-13)14(4,5)6/h7,10H,15H2,1-6H3. The average Bonchev–Trinajstić information content (AvgIpc) is 2.89. The highest BCUT2D eigenvalue weighted by Crippen LogP contribution is 2.28. The van der Waals surface area contributed by atoms with E-state index < -0.39 is 0 Å². The van der Waals surface area contributed by atoms with Gasteiger partial charge in [-0.15, -0.1) is 0 Å². The van der Waals surface area contributed by atoms with Crippen LogP contribution in [0, 0.1) is 13.8 Å². The van der Waals surface area contributed by atoms with Crippen molar-refractivity contribution >= 4 is 5.69 Å². The smallest absolute Gasteiger partial charge is 0.218 e. The Hall–Kier alpha value is -1.78. The van der Waals surface area contributed by atoms with Crippen molar-refractivity contribution in [3.63, 3.8) is 0 Å². The number of nitrogens with two attached hydrogens (primary N) is 1. The van der Waals surface area contributed by atoms with E-state index in [1.54, 1.807) is 6.20 Å². The number of hydrogen-bond acceptors (Lipinski definition) is 4. The lowest BCUT2D eigenvalue weighted by Gasteiger charge is -2.14. The van der Waals surface area contributed by atoms with Gasteiger partial charge in [-0.3, -0.25) is 4.68 Å². The third kappa shape index (κ3) is 2.37. The van der Waals surface area contributed by atoms with Gasteiger partial charge in [0.1, 0.15) is 11.8 Å². The highest BCUT2D eigenvalue weighted by Gasteiger charge is 2.23. The third-order valence-corrected chi connectivity index (χ3v) is 3.37. The molecule has 0 aliphatic rings. The molecule has 1 atom stereocenters. The van der Waals surface area contributed by atoms with Gasteiger partial charge in [0.05, 0.1) is 23.3 Å². The molecule has 2 rings (SSSR count). The van der Waals surface area contributed by atoms with Crippen LogP contribution in [0.3, 0.4) is 0 Å². The molecule has 0 aliphatic heterocycles. The molecule has 0 amide bonds. The fourth-order valence-electron chi connectivity index (χ4n) is 1.98. The minimum absolute atomic E-state index is 0.0426. The maximum Gasteiger partial charge on any atom is 0.218 e. The lowest BCUT2D eigenvalue weighted by Crippen LogP contribution is -2.12. The second-order valence-electron chi connectivity index (χ2n) is 6.02. The summed E-state index contributed by atoms with van der Waals surface area (Å²) in [7, 11) is 0. The normalized spacial score (nSPS) is 13.8. The molecule has 104 valence electrons. The molecule has 19 heavy (non-hydrogen) atoms. The SMILES string of the molecule is Cc1nn(C(C)c2ncc(C(C)(C)C)o2)c(C)c1N. The molecule has 0 saturated carbocycles. The van der Waals surface area contributed by atoms with Crippen LogP contribution in [0.5, 0.6) is 0 Å². The fourth-order valence-corrected chi connectivity index (χ4v) is 1.98. The summed E-state index contributed by atoms with van der Waals surface area (Å²) in [4.78, 5) is 4.37. The van der Waals surface area contributed by atoms with E-state index in [1.165, 1.54) is 0 Å². The van der Waals surface area contributed by atoms with Gasteiger partial charge in [-0.25, -0.2) is 4.98 Å². The van der Waals surface area contributed by atoms with Crippen molar-refractivity contribution < 1.29 is 4.42 Å². The molecule has 2 aromatic heterocycles. The highest BCUT2D eigenvalue weighted by molar-refractivity contribution is 5.47. The van der Waals surface area contributed by atoms with Crippen LogP contribution in [-0.4, -0.2) is 14.8 Å². The summed E-state index contributed by atoms with van der Waals surface area (Å²) in [6.45, 7) is 12.2. The second kappa shape index (κ2) is 4.40. The number of rotatable bonds is 2. The minimum atomic E-state index is -0.0629. The quantitative estimate of drug-likeness (QED) is 0.903. The van der Waals surface area contributed by atoms with Crippen LogP contribution in [0.2, 0.25) is 0 Å². The predicted molar refractivity (Wildman–Crippen MR) is 75.1 cm³/mol. The van der Waals surface area contributed by atoms with E-state index >= 15 is 0 Å². The zero-order valence-electron chi connectivity index (χ0n) is 12.5. The first kappa shape index (κ1) is 13.6. The predicted octanol–water partition coefficient (Wildman–Crippen LogP) is 2.98. The Bertz CT molecular complexity index is 589. The Labute approximate surface area is 113 Å². The summed E-state index contributed by atoms with van der Waals surface area (Å²) in [5, 5.41) is 4.45. The van der Waals surface area contributed by atoms with Crippen molar-refractivity contribution in [2.24, 2.45) is 0 Å². The molecule has 0 bridgehead atoms. The van der Waals surface area contributed by atoms with Gasteiger partial charge in [0.25, 0.3) is 0 Å². The van der Waals surface area contributed by atoms with E-state index in [1.807, 2.05) is 25.5 Å². The van der Waals surface area contributed by atoms with Gasteiger partial charge in [-0.1, -0.05) is 20.8 Å². The Morgan fingerprint density at radius 1 is 1.32 bits per heavy atom. The van der Waals surface area contributed by atoms with Crippen LogP contribution in [0.4, 0.5) is 5.69 Å². The van der Waals surface area contributed by atoms with Gasteiger partial charge < -0.3 is 10.2 Å². The number of nitrogen functional groups attached to an aromatic ring is 1. The Kier molecular flexibility index (Phi) is 3.16. The molecule has 5 nitrogen and oxygen atoms in total. The number of aryl methyl sites for hydroxylation is 1. The number of nitrogens with zero attached hydrogens (tertiary/aromatic N) is 3.